The van der Waals surface area contributed by atoms with Crippen LogP contribution in [-0.4, -0.2) is 35.4 Å². The maximum atomic E-state index is 11.6. The Balaban J connectivity index is 1.75. The first-order valence-corrected chi connectivity index (χ1v) is 6.02. The van der Waals surface area contributed by atoms with Crippen LogP contribution in [0.25, 0.3) is 0 Å². The molecular weight excluding hydrogens is 242 g/mol. The highest BCUT2D eigenvalue weighted by molar-refractivity contribution is 6.29. The summed E-state index contributed by atoms with van der Waals surface area (Å²) in [6, 6.07) is 3.10. The van der Waals surface area contributed by atoms with E-state index in [9.17, 15) is 4.79 Å². The lowest BCUT2D eigenvalue weighted by Gasteiger charge is -2.09. The van der Waals surface area contributed by atoms with E-state index in [2.05, 4.69) is 15.5 Å². The van der Waals surface area contributed by atoms with Crippen LogP contribution in [-0.2, 0) is 4.74 Å². The molecule has 1 fully saturated rings. The van der Waals surface area contributed by atoms with Crippen molar-refractivity contribution in [1.29, 1.82) is 0 Å². The minimum absolute atomic E-state index is 0.229. The van der Waals surface area contributed by atoms with Gasteiger partial charge in [0.25, 0.3) is 5.91 Å². The van der Waals surface area contributed by atoms with Crippen molar-refractivity contribution in [3.63, 3.8) is 0 Å². The SMILES string of the molecule is O=C(NCCC1CCCO1)c1ccc(Cl)nn1. The first-order valence-electron chi connectivity index (χ1n) is 5.65. The molecule has 2 rings (SSSR count). The molecule has 0 aromatic carbocycles. The molecule has 2 heterocycles. The fraction of sp³-hybridized carbons (Fsp3) is 0.545. The van der Waals surface area contributed by atoms with Crippen LogP contribution < -0.4 is 5.32 Å². The molecule has 1 aliphatic heterocycles. The first-order chi connectivity index (χ1) is 8.25. The van der Waals surface area contributed by atoms with Gasteiger partial charge in [-0.2, -0.15) is 0 Å². The molecule has 1 amide bonds. The molecule has 5 nitrogen and oxygen atoms in total. The van der Waals surface area contributed by atoms with Crippen molar-refractivity contribution in [3.8, 4) is 0 Å². The lowest BCUT2D eigenvalue weighted by Crippen LogP contribution is -2.27. The molecule has 1 atom stereocenters. The largest absolute Gasteiger partial charge is 0.378 e. The van der Waals surface area contributed by atoms with Crippen molar-refractivity contribution in [2.45, 2.75) is 25.4 Å². The van der Waals surface area contributed by atoms with Gasteiger partial charge < -0.3 is 10.1 Å². The number of amides is 1. The van der Waals surface area contributed by atoms with Crippen LogP contribution in [0.15, 0.2) is 12.1 Å². The summed E-state index contributed by atoms with van der Waals surface area (Å²) in [5.41, 5.74) is 0.279. The zero-order valence-corrected chi connectivity index (χ0v) is 10.1. The summed E-state index contributed by atoms with van der Waals surface area (Å²) in [6.45, 7) is 1.43. The second-order valence-corrected chi connectivity index (χ2v) is 4.31. The lowest BCUT2D eigenvalue weighted by molar-refractivity contribution is 0.0902. The van der Waals surface area contributed by atoms with E-state index in [0.717, 1.165) is 25.9 Å². The Morgan fingerprint density at radius 3 is 3.06 bits per heavy atom. The Hall–Kier alpha value is -1.20. The molecule has 6 heteroatoms. The predicted octanol–water partition coefficient (Wildman–Crippen LogP) is 1.43. The van der Waals surface area contributed by atoms with Gasteiger partial charge in [0.05, 0.1) is 6.10 Å². The van der Waals surface area contributed by atoms with Crippen LogP contribution >= 0.6 is 11.6 Å². The second-order valence-electron chi connectivity index (χ2n) is 3.92. The van der Waals surface area contributed by atoms with Gasteiger partial charge in [0.2, 0.25) is 0 Å². The Morgan fingerprint density at radius 2 is 2.41 bits per heavy atom. The normalized spacial score (nSPS) is 19.2. The van der Waals surface area contributed by atoms with Gasteiger partial charge in [-0.25, -0.2) is 0 Å². The van der Waals surface area contributed by atoms with E-state index in [1.165, 1.54) is 0 Å². The topological polar surface area (TPSA) is 64.1 Å². The standard InChI is InChI=1S/C11H14ClN3O2/c12-10-4-3-9(14-15-10)11(16)13-6-5-8-2-1-7-17-8/h3-4,8H,1-2,5-7H2,(H,13,16). The van der Waals surface area contributed by atoms with Crippen molar-refractivity contribution in [3.05, 3.63) is 23.0 Å². The third kappa shape index (κ3) is 3.64. The van der Waals surface area contributed by atoms with E-state index in [1.807, 2.05) is 0 Å². The van der Waals surface area contributed by atoms with Gasteiger partial charge in [-0.05, 0) is 31.4 Å². The summed E-state index contributed by atoms with van der Waals surface area (Å²) in [4.78, 5) is 11.6. The minimum atomic E-state index is -0.229. The van der Waals surface area contributed by atoms with Crippen LogP contribution in [0.2, 0.25) is 5.15 Å². The molecule has 92 valence electrons. The van der Waals surface area contributed by atoms with Gasteiger partial charge in [0.1, 0.15) is 0 Å². The highest BCUT2D eigenvalue weighted by atomic mass is 35.5. The van der Waals surface area contributed by atoms with Gasteiger partial charge in [0.15, 0.2) is 10.8 Å². The molecule has 0 aliphatic carbocycles. The van der Waals surface area contributed by atoms with Crippen molar-refractivity contribution in [2.75, 3.05) is 13.2 Å². The number of rotatable bonds is 4. The quantitative estimate of drug-likeness (QED) is 0.884. The second kappa shape index (κ2) is 5.93. The summed E-state index contributed by atoms with van der Waals surface area (Å²) < 4.78 is 5.46. The molecule has 1 unspecified atom stereocenters. The lowest BCUT2D eigenvalue weighted by atomic mass is 10.2. The molecular formula is C11H14ClN3O2. The Bertz CT molecular complexity index is 377. The minimum Gasteiger partial charge on any atom is -0.378 e. The number of nitrogens with one attached hydrogen (secondary N) is 1. The monoisotopic (exact) mass is 255 g/mol. The maximum absolute atomic E-state index is 11.6. The summed E-state index contributed by atoms with van der Waals surface area (Å²) in [7, 11) is 0. The molecule has 1 aromatic heterocycles. The zero-order chi connectivity index (χ0) is 12.1. The molecule has 1 N–H and O–H groups in total. The number of hydrogen-bond acceptors (Lipinski definition) is 4. The van der Waals surface area contributed by atoms with Gasteiger partial charge in [-0.1, -0.05) is 11.6 Å². The van der Waals surface area contributed by atoms with Crippen LogP contribution in [0.5, 0.6) is 0 Å². The molecule has 1 aromatic rings. The van der Waals surface area contributed by atoms with Gasteiger partial charge >= 0.3 is 0 Å². The van der Waals surface area contributed by atoms with Gasteiger partial charge in [-0.15, -0.1) is 10.2 Å². The number of carbonyl (C=O) groups excluding carboxylic acids is 1. The van der Waals surface area contributed by atoms with Crippen LogP contribution in [0.4, 0.5) is 0 Å². The number of ether oxygens (including phenoxy) is 1. The average Bonchev–Trinajstić information content (AvgIpc) is 2.83. The number of halogens is 1. The summed E-state index contributed by atoms with van der Waals surface area (Å²) in [5, 5.41) is 10.4. The molecule has 1 aliphatic rings. The Labute approximate surface area is 105 Å². The summed E-state index contributed by atoms with van der Waals surface area (Å²) >= 11 is 5.58. The highest BCUT2D eigenvalue weighted by Gasteiger charge is 2.15. The molecule has 0 saturated carbocycles. The fourth-order valence-electron chi connectivity index (χ4n) is 1.75. The van der Waals surface area contributed by atoms with Crippen molar-refractivity contribution < 1.29 is 9.53 Å². The summed E-state index contributed by atoms with van der Waals surface area (Å²) in [5.74, 6) is -0.229. The van der Waals surface area contributed by atoms with E-state index in [0.29, 0.717) is 6.54 Å². The van der Waals surface area contributed by atoms with E-state index in [4.69, 9.17) is 16.3 Å². The van der Waals surface area contributed by atoms with Crippen LogP contribution in [0, 0.1) is 0 Å². The maximum Gasteiger partial charge on any atom is 0.271 e. The van der Waals surface area contributed by atoms with E-state index < -0.39 is 0 Å². The molecule has 17 heavy (non-hydrogen) atoms. The van der Waals surface area contributed by atoms with Gasteiger partial charge in [-0.3, -0.25) is 4.79 Å². The molecule has 0 spiro atoms. The Kier molecular flexibility index (Phi) is 4.28. The average molecular weight is 256 g/mol. The summed E-state index contributed by atoms with van der Waals surface area (Å²) in [6.07, 6.45) is 3.32. The highest BCUT2D eigenvalue weighted by Crippen LogP contribution is 2.14. The predicted molar refractivity (Wildman–Crippen MR) is 63.0 cm³/mol. The fourth-order valence-corrected chi connectivity index (χ4v) is 1.85. The van der Waals surface area contributed by atoms with Crippen molar-refractivity contribution in [2.24, 2.45) is 0 Å². The molecule has 0 bridgehead atoms. The first kappa shape index (κ1) is 12.3. The van der Waals surface area contributed by atoms with E-state index in [1.54, 1.807) is 12.1 Å². The van der Waals surface area contributed by atoms with Gasteiger partial charge in [0, 0.05) is 13.2 Å². The van der Waals surface area contributed by atoms with Crippen molar-refractivity contribution >= 4 is 17.5 Å². The number of nitrogens with zero attached hydrogens (tertiary/aromatic N) is 2. The molecule has 1 saturated heterocycles. The third-order valence-corrected chi connectivity index (χ3v) is 2.84. The number of carbonyl (C=O) groups is 1. The smallest absolute Gasteiger partial charge is 0.271 e. The van der Waals surface area contributed by atoms with E-state index in [-0.39, 0.29) is 22.9 Å². The number of aromatic nitrogens is 2. The van der Waals surface area contributed by atoms with Crippen LogP contribution in [0.3, 0.4) is 0 Å². The third-order valence-electron chi connectivity index (χ3n) is 2.64. The van der Waals surface area contributed by atoms with E-state index >= 15 is 0 Å². The number of hydrogen-bond donors (Lipinski definition) is 1. The van der Waals surface area contributed by atoms with Crippen LogP contribution in [0.1, 0.15) is 29.8 Å². The van der Waals surface area contributed by atoms with Crippen molar-refractivity contribution in [1.82, 2.24) is 15.5 Å². The molecule has 0 radical (unpaired) electrons. The zero-order valence-electron chi connectivity index (χ0n) is 9.36. The Morgan fingerprint density at radius 1 is 1.53 bits per heavy atom.